The second-order valence-electron chi connectivity index (χ2n) is 4.10. The van der Waals surface area contributed by atoms with Crippen LogP contribution in [0.5, 0.6) is 0 Å². The standard InChI is InChI=1S/C8H20O2Si/c1-8(2,9-3)7-11(5,6)10-4/h7H2,1-6H3. The van der Waals surface area contributed by atoms with Crippen LogP contribution in [0.25, 0.3) is 0 Å². The summed E-state index contributed by atoms with van der Waals surface area (Å²) in [6.45, 7) is 8.60. The molecule has 0 aliphatic rings. The summed E-state index contributed by atoms with van der Waals surface area (Å²) >= 11 is 0. The van der Waals surface area contributed by atoms with E-state index in [4.69, 9.17) is 9.16 Å². The van der Waals surface area contributed by atoms with Crippen LogP contribution in [0.1, 0.15) is 13.8 Å². The average Bonchev–Trinajstić information content (AvgIpc) is 1.86. The van der Waals surface area contributed by atoms with Crippen LogP contribution in [-0.2, 0) is 9.16 Å². The fourth-order valence-electron chi connectivity index (χ4n) is 1.17. The molecule has 0 bridgehead atoms. The van der Waals surface area contributed by atoms with Crippen molar-refractivity contribution in [2.24, 2.45) is 0 Å². The Morgan fingerprint density at radius 1 is 1.18 bits per heavy atom. The molecule has 0 amide bonds. The molecule has 0 saturated carbocycles. The number of hydrogen-bond donors (Lipinski definition) is 0. The first-order chi connectivity index (χ1) is 4.83. The maximum atomic E-state index is 5.43. The highest BCUT2D eigenvalue weighted by molar-refractivity contribution is 6.71. The van der Waals surface area contributed by atoms with E-state index in [-0.39, 0.29) is 5.60 Å². The Kier molecular flexibility index (Phi) is 3.74. The average molecular weight is 176 g/mol. The van der Waals surface area contributed by atoms with Crippen molar-refractivity contribution in [3.05, 3.63) is 0 Å². The third-order valence-corrected chi connectivity index (χ3v) is 4.76. The van der Waals surface area contributed by atoms with Crippen molar-refractivity contribution in [2.75, 3.05) is 14.2 Å². The SMILES string of the molecule is COC(C)(C)C[Si](C)(C)OC. The molecule has 11 heavy (non-hydrogen) atoms. The Labute approximate surface area is 71.0 Å². The minimum atomic E-state index is -1.46. The van der Waals surface area contributed by atoms with Gasteiger partial charge >= 0.3 is 0 Å². The first kappa shape index (κ1) is 11.1. The van der Waals surface area contributed by atoms with Gasteiger partial charge in [0.1, 0.15) is 0 Å². The maximum absolute atomic E-state index is 5.43. The predicted octanol–water partition coefficient (Wildman–Crippen LogP) is 2.26. The van der Waals surface area contributed by atoms with Gasteiger partial charge in [-0.05, 0) is 33.0 Å². The first-order valence-electron chi connectivity index (χ1n) is 3.93. The third kappa shape index (κ3) is 4.56. The zero-order valence-corrected chi connectivity index (χ0v) is 9.52. The summed E-state index contributed by atoms with van der Waals surface area (Å²) in [4.78, 5) is 0. The van der Waals surface area contributed by atoms with E-state index in [0.29, 0.717) is 0 Å². The molecular formula is C8H20O2Si. The Bertz CT molecular complexity index is 107. The molecule has 0 aliphatic carbocycles. The number of hydrogen-bond acceptors (Lipinski definition) is 2. The lowest BCUT2D eigenvalue weighted by Crippen LogP contribution is -2.39. The van der Waals surface area contributed by atoms with Crippen molar-refractivity contribution in [1.29, 1.82) is 0 Å². The Balaban J connectivity index is 4.02. The fourth-order valence-corrected chi connectivity index (χ4v) is 3.51. The summed E-state index contributed by atoms with van der Waals surface area (Å²) in [7, 11) is 2.08. The zero-order valence-electron chi connectivity index (χ0n) is 8.52. The lowest BCUT2D eigenvalue weighted by Gasteiger charge is -2.30. The molecule has 0 aromatic heterocycles. The number of rotatable bonds is 4. The van der Waals surface area contributed by atoms with E-state index in [9.17, 15) is 0 Å². The summed E-state index contributed by atoms with van der Waals surface area (Å²) in [6.07, 6.45) is 0. The van der Waals surface area contributed by atoms with Crippen LogP contribution in [-0.4, -0.2) is 28.1 Å². The minimum Gasteiger partial charge on any atom is -0.420 e. The van der Waals surface area contributed by atoms with E-state index in [1.54, 1.807) is 14.2 Å². The number of ether oxygens (including phenoxy) is 1. The van der Waals surface area contributed by atoms with Crippen LogP contribution >= 0.6 is 0 Å². The van der Waals surface area contributed by atoms with Gasteiger partial charge in [-0.1, -0.05) is 0 Å². The zero-order chi connectivity index (χ0) is 9.12. The van der Waals surface area contributed by atoms with Gasteiger partial charge < -0.3 is 9.16 Å². The molecule has 0 aromatic rings. The molecule has 3 heteroatoms. The topological polar surface area (TPSA) is 18.5 Å². The molecule has 0 heterocycles. The minimum absolute atomic E-state index is 0.0360. The second kappa shape index (κ2) is 3.69. The highest BCUT2D eigenvalue weighted by atomic mass is 28.4. The Hall–Kier alpha value is 0.137. The maximum Gasteiger partial charge on any atom is 0.189 e. The molecule has 0 unspecified atom stereocenters. The van der Waals surface area contributed by atoms with Gasteiger partial charge in [-0.25, -0.2) is 0 Å². The van der Waals surface area contributed by atoms with E-state index in [2.05, 4.69) is 26.9 Å². The molecule has 0 aliphatic heterocycles. The summed E-state index contributed by atoms with van der Waals surface area (Å²) in [5, 5.41) is 0. The molecule has 68 valence electrons. The van der Waals surface area contributed by atoms with Crippen molar-refractivity contribution in [3.63, 3.8) is 0 Å². The Morgan fingerprint density at radius 2 is 1.64 bits per heavy atom. The molecule has 0 N–H and O–H groups in total. The van der Waals surface area contributed by atoms with E-state index in [1.165, 1.54) is 0 Å². The van der Waals surface area contributed by atoms with E-state index >= 15 is 0 Å². The van der Waals surface area contributed by atoms with Crippen LogP contribution in [0.3, 0.4) is 0 Å². The summed E-state index contributed by atoms with van der Waals surface area (Å²) < 4.78 is 10.8. The molecule has 0 aromatic carbocycles. The molecule has 0 atom stereocenters. The lowest BCUT2D eigenvalue weighted by molar-refractivity contribution is 0.0357. The van der Waals surface area contributed by atoms with Crippen LogP contribution < -0.4 is 0 Å². The van der Waals surface area contributed by atoms with Crippen molar-refractivity contribution >= 4 is 8.32 Å². The second-order valence-corrected chi connectivity index (χ2v) is 8.39. The largest absolute Gasteiger partial charge is 0.420 e. The molecule has 2 nitrogen and oxygen atoms in total. The van der Waals surface area contributed by atoms with Gasteiger partial charge in [0.15, 0.2) is 8.32 Å². The van der Waals surface area contributed by atoms with E-state index < -0.39 is 8.32 Å². The van der Waals surface area contributed by atoms with Gasteiger partial charge in [-0.15, -0.1) is 0 Å². The van der Waals surface area contributed by atoms with Crippen LogP contribution in [0.2, 0.25) is 19.1 Å². The van der Waals surface area contributed by atoms with Gasteiger partial charge in [0, 0.05) is 14.2 Å². The predicted molar refractivity (Wildman–Crippen MR) is 50.4 cm³/mol. The van der Waals surface area contributed by atoms with Crippen molar-refractivity contribution in [1.82, 2.24) is 0 Å². The van der Waals surface area contributed by atoms with Crippen LogP contribution in [0, 0.1) is 0 Å². The van der Waals surface area contributed by atoms with Gasteiger partial charge in [-0.2, -0.15) is 0 Å². The monoisotopic (exact) mass is 176 g/mol. The van der Waals surface area contributed by atoms with Crippen LogP contribution in [0.15, 0.2) is 0 Å². The van der Waals surface area contributed by atoms with Crippen molar-refractivity contribution in [3.8, 4) is 0 Å². The highest BCUT2D eigenvalue weighted by Gasteiger charge is 2.30. The summed E-state index contributed by atoms with van der Waals surface area (Å²) in [5.41, 5.74) is -0.0360. The molecule has 0 rings (SSSR count). The molecule has 0 saturated heterocycles. The highest BCUT2D eigenvalue weighted by Crippen LogP contribution is 2.23. The molecular weight excluding hydrogens is 156 g/mol. The smallest absolute Gasteiger partial charge is 0.189 e. The summed E-state index contributed by atoms with van der Waals surface area (Å²) in [6, 6.07) is 1.03. The Morgan fingerprint density at radius 3 is 1.91 bits per heavy atom. The fraction of sp³-hybridized carbons (Fsp3) is 1.00. The van der Waals surface area contributed by atoms with Crippen LogP contribution in [0.4, 0.5) is 0 Å². The third-order valence-electron chi connectivity index (χ3n) is 1.96. The normalized spacial score (nSPS) is 13.6. The van der Waals surface area contributed by atoms with E-state index in [0.717, 1.165) is 6.04 Å². The van der Waals surface area contributed by atoms with Crippen molar-refractivity contribution < 1.29 is 9.16 Å². The van der Waals surface area contributed by atoms with Gasteiger partial charge in [0.2, 0.25) is 0 Å². The number of methoxy groups -OCH3 is 1. The quantitative estimate of drug-likeness (QED) is 0.612. The lowest BCUT2D eigenvalue weighted by atomic mass is 10.2. The first-order valence-corrected chi connectivity index (χ1v) is 7.05. The summed E-state index contributed by atoms with van der Waals surface area (Å²) in [5.74, 6) is 0. The van der Waals surface area contributed by atoms with E-state index in [1.807, 2.05) is 0 Å². The van der Waals surface area contributed by atoms with Gasteiger partial charge in [0.05, 0.1) is 5.60 Å². The van der Waals surface area contributed by atoms with Gasteiger partial charge in [-0.3, -0.25) is 0 Å². The molecule has 0 radical (unpaired) electrons. The molecule has 0 spiro atoms. The van der Waals surface area contributed by atoms with Gasteiger partial charge in [0.25, 0.3) is 0 Å². The van der Waals surface area contributed by atoms with Crippen molar-refractivity contribution in [2.45, 2.75) is 38.6 Å². The molecule has 0 fully saturated rings.